The van der Waals surface area contributed by atoms with Crippen molar-refractivity contribution >= 4 is 41.6 Å². The van der Waals surface area contributed by atoms with E-state index in [0.717, 1.165) is 22.2 Å². The van der Waals surface area contributed by atoms with E-state index >= 15 is 0 Å². The summed E-state index contributed by atoms with van der Waals surface area (Å²) in [7, 11) is 0. The molecule has 1 aliphatic carbocycles. The van der Waals surface area contributed by atoms with Crippen molar-refractivity contribution in [2.75, 3.05) is 6.54 Å². The summed E-state index contributed by atoms with van der Waals surface area (Å²) in [6.07, 6.45) is 5.78. The molecule has 2 heterocycles. The van der Waals surface area contributed by atoms with E-state index in [1.165, 1.54) is 12.8 Å². The van der Waals surface area contributed by atoms with E-state index in [0.29, 0.717) is 18.0 Å². The fraction of sp³-hybridized carbons (Fsp3) is 0.250. The van der Waals surface area contributed by atoms with E-state index in [9.17, 15) is 4.79 Å². The van der Waals surface area contributed by atoms with Gasteiger partial charge in [0.15, 0.2) is 0 Å². The molecule has 7 heteroatoms. The number of nitrogens with two attached hydrogens (primary N) is 1. The molecule has 0 bridgehead atoms. The third-order valence-corrected chi connectivity index (χ3v) is 4.66. The van der Waals surface area contributed by atoms with Crippen molar-refractivity contribution in [3.63, 3.8) is 0 Å². The highest BCUT2D eigenvalue weighted by atomic mass is 35.5. The van der Waals surface area contributed by atoms with Crippen LogP contribution in [0.2, 0.25) is 0 Å². The molecule has 2 aromatic heterocycles. The first-order valence-electron chi connectivity index (χ1n) is 8.56. The third kappa shape index (κ3) is 4.75. The van der Waals surface area contributed by atoms with E-state index in [1.54, 1.807) is 12.4 Å². The minimum absolute atomic E-state index is 0. The van der Waals surface area contributed by atoms with E-state index in [4.69, 9.17) is 5.73 Å². The number of pyridine rings is 2. The standard InChI is InChI=1S/C20H20N4O.2ClH/c21-17(13-5-6-13)12-23-20(25)16-11-19(14-7-9-22-10-8-14)24-18-4-2-1-3-15(16)18;;/h1-4,7-11,13,17H,5-6,12,21H2,(H,23,25);2*1H. The van der Waals surface area contributed by atoms with Crippen LogP contribution in [0.5, 0.6) is 0 Å². The number of para-hydroxylation sites is 1. The predicted molar refractivity (Wildman–Crippen MR) is 113 cm³/mol. The van der Waals surface area contributed by atoms with Gasteiger partial charge >= 0.3 is 0 Å². The average Bonchev–Trinajstić information content (AvgIpc) is 3.51. The highest BCUT2D eigenvalue weighted by Gasteiger charge is 2.28. The Labute approximate surface area is 170 Å². The Bertz CT molecular complexity index is 916. The van der Waals surface area contributed by atoms with Crippen molar-refractivity contribution in [2.45, 2.75) is 18.9 Å². The molecule has 0 radical (unpaired) electrons. The maximum absolute atomic E-state index is 12.8. The molecule has 1 aromatic carbocycles. The zero-order valence-electron chi connectivity index (χ0n) is 14.7. The molecule has 3 aromatic rings. The topological polar surface area (TPSA) is 80.9 Å². The van der Waals surface area contributed by atoms with Crippen LogP contribution in [0.25, 0.3) is 22.2 Å². The Morgan fingerprint density at radius 3 is 2.56 bits per heavy atom. The van der Waals surface area contributed by atoms with Crippen LogP contribution in [0.1, 0.15) is 23.2 Å². The zero-order chi connectivity index (χ0) is 17.2. The molecule has 142 valence electrons. The highest BCUT2D eigenvalue weighted by molar-refractivity contribution is 6.07. The van der Waals surface area contributed by atoms with Crippen molar-refractivity contribution in [1.29, 1.82) is 0 Å². The number of nitrogens with zero attached hydrogens (tertiary/aromatic N) is 2. The lowest BCUT2D eigenvalue weighted by Gasteiger charge is -2.13. The first-order valence-corrected chi connectivity index (χ1v) is 8.56. The number of fused-ring (bicyclic) bond motifs is 1. The normalized spacial score (nSPS) is 14.0. The summed E-state index contributed by atoms with van der Waals surface area (Å²) < 4.78 is 0. The van der Waals surface area contributed by atoms with Crippen LogP contribution >= 0.6 is 24.8 Å². The van der Waals surface area contributed by atoms with Gasteiger partial charge in [0.05, 0.1) is 16.8 Å². The summed E-state index contributed by atoms with van der Waals surface area (Å²) in [6.45, 7) is 0.505. The maximum Gasteiger partial charge on any atom is 0.252 e. The lowest BCUT2D eigenvalue weighted by molar-refractivity contribution is 0.0952. The lowest BCUT2D eigenvalue weighted by atomic mass is 10.0. The number of benzene rings is 1. The second kappa shape index (κ2) is 9.13. The van der Waals surface area contributed by atoms with Crippen LogP contribution in [0, 0.1) is 5.92 Å². The summed E-state index contributed by atoms with van der Waals surface area (Å²) in [4.78, 5) is 21.5. The molecule has 27 heavy (non-hydrogen) atoms. The average molecular weight is 405 g/mol. The SMILES string of the molecule is Cl.Cl.NC(CNC(=O)c1cc(-c2ccncc2)nc2ccccc12)C1CC1. The van der Waals surface area contributed by atoms with Crippen molar-refractivity contribution in [3.8, 4) is 11.3 Å². The summed E-state index contributed by atoms with van der Waals surface area (Å²) in [5.41, 5.74) is 9.23. The van der Waals surface area contributed by atoms with Crippen LogP contribution in [0.15, 0.2) is 54.9 Å². The van der Waals surface area contributed by atoms with Gasteiger partial charge < -0.3 is 11.1 Å². The number of aromatic nitrogens is 2. The van der Waals surface area contributed by atoms with Crippen LogP contribution in [-0.4, -0.2) is 28.5 Å². The van der Waals surface area contributed by atoms with Gasteiger partial charge in [-0.3, -0.25) is 9.78 Å². The van der Waals surface area contributed by atoms with Gasteiger partial charge in [0.1, 0.15) is 0 Å². The molecule has 5 nitrogen and oxygen atoms in total. The highest BCUT2D eigenvalue weighted by Crippen LogP contribution is 2.31. The van der Waals surface area contributed by atoms with Gasteiger partial charge in [0.25, 0.3) is 5.91 Å². The molecule has 1 aliphatic rings. The van der Waals surface area contributed by atoms with Gasteiger partial charge in [-0.1, -0.05) is 18.2 Å². The number of halogens is 2. The van der Waals surface area contributed by atoms with Crippen LogP contribution in [0.4, 0.5) is 0 Å². The van der Waals surface area contributed by atoms with Gasteiger partial charge in [-0.25, -0.2) is 4.98 Å². The van der Waals surface area contributed by atoms with Crippen molar-refractivity contribution < 1.29 is 4.79 Å². The number of hydrogen-bond acceptors (Lipinski definition) is 4. The van der Waals surface area contributed by atoms with Crippen LogP contribution in [-0.2, 0) is 0 Å². The number of carbonyl (C=O) groups excluding carboxylic acids is 1. The summed E-state index contributed by atoms with van der Waals surface area (Å²) >= 11 is 0. The smallest absolute Gasteiger partial charge is 0.252 e. The Morgan fingerprint density at radius 1 is 1.15 bits per heavy atom. The Kier molecular flexibility index (Phi) is 7.13. The van der Waals surface area contributed by atoms with Crippen molar-refractivity contribution in [3.05, 3.63) is 60.4 Å². The second-order valence-corrected chi connectivity index (χ2v) is 6.52. The molecule has 0 aliphatic heterocycles. The van der Waals surface area contributed by atoms with Crippen LogP contribution in [0.3, 0.4) is 0 Å². The number of hydrogen-bond donors (Lipinski definition) is 2. The van der Waals surface area contributed by atoms with E-state index in [2.05, 4.69) is 15.3 Å². The molecule has 1 fully saturated rings. The van der Waals surface area contributed by atoms with E-state index in [-0.39, 0.29) is 36.8 Å². The maximum atomic E-state index is 12.8. The Balaban J connectivity index is 0.00000131. The summed E-state index contributed by atoms with van der Waals surface area (Å²) in [5, 5.41) is 3.83. The van der Waals surface area contributed by atoms with Gasteiger partial charge in [0, 0.05) is 35.9 Å². The first kappa shape index (κ1) is 21.1. The van der Waals surface area contributed by atoms with Gasteiger partial charge in [-0.15, -0.1) is 24.8 Å². The molecule has 3 N–H and O–H groups in total. The fourth-order valence-electron chi connectivity index (χ4n) is 3.03. The van der Waals surface area contributed by atoms with E-state index < -0.39 is 0 Å². The monoisotopic (exact) mass is 404 g/mol. The Hall–Kier alpha value is -2.21. The molecule has 1 unspecified atom stereocenters. The van der Waals surface area contributed by atoms with E-state index in [1.807, 2.05) is 42.5 Å². The molecule has 1 amide bonds. The molecule has 1 atom stereocenters. The molecule has 4 rings (SSSR count). The lowest BCUT2D eigenvalue weighted by Crippen LogP contribution is -2.38. The molecule has 0 spiro atoms. The van der Waals surface area contributed by atoms with Crippen molar-refractivity contribution in [1.82, 2.24) is 15.3 Å². The number of carbonyl (C=O) groups is 1. The zero-order valence-corrected chi connectivity index (χ0v) is 16.3. The van der Waals surface area contributed by atoms with Crippen molar-refractivity contribution in [2.24, 2.45) is 11.7 Å². The first-order chi connectivity index (χ1) is 12.2. The second-order valence-electron chi connectivity index (χ2n) is 6.52. The van der Waals surface area contributed by atoms with Gasteiger partial charge in [-0.05, 0) is 43.0 Å². The number of amides is 1. The summed E-state index contributed by atoms with van der Waals surface area (Å²) in [5.74, 6) is 0.451. The van der Waals surface area contributed by atoms with Crippen LogP contribution < -0.4 is 11.1 Å². The molecular weight excluding hydrogens is 383 g/mol. The van der Waals surface area contributed by atoms with Gasteiger partial charge in [0.2, 0.25) is 0 Å². The minimum atomic E-state index is -0.106. The number of nitrogens with one attached hydrogen (secondary N) is 1. The molecule has 0 saturated heterocycles. The predicted octanol–water partition coefficient (Wildman–Crippen LogP) is 3.61. The largest absolute Gasteiger partial charge is 0.350 e. The number of rotatable bonds is 5. The minimum Gasteiger partial charge on any atom is -0.350 e. The fourth-order valence-corrected chi connectivity index (χ4v) is 3.03. The summed E-state index contributed by atoms with van der Waals surface area (Å²) in [6, 6.07) is 13.4. The van der Waals surface area contributed by atoms with Gasteiger partial charge in [-0.2, -0.15) is 0 Å². The third-order valence-electron chi connectivity index (χ3n) is 4.66. The molecular formula is C20H22Cl2N4O. The Morgan fingerprint density at radius 2 is 1.85 bits per heavy atom. The molecule has 1 saturated carbocycles. The quantitative estimate of drug-likeness (QED) is 0.680.